The minimum Gasteiger partial charge on any atom is -0.360 e. The fourth-order valence-electron chi connectivity index (χ4n) is 1.06. The number of hydrogen-bond donors (Lipinski definition) is 2. The Morgan fingerprint density at radius 3 is 3.07 bits per heavy atom. The van der Waals surface area contributed by atoms with Crippen molar-refractivity contribution in [2.75, 3.05) is 0 Å². The molecule has 0 aliphatic heterocycles. The van der Waals surface area contributed by atoms with E-state index in [-0.39, 0.29) is 0 Å². The zero-order valence-corrected chi connectivity index (χ0v) is 8.55. The van der Waals surface area contributed by atoms with Crippen LogP contribution in [0.15, 0.2) is 18.3 Å². The maximum atomic E-state index is 5.10. The zero-order valence-electron chi connectivity index (χ0n) is 7.73. The van der Waals surface area contributed by atoms with E-state index in [0.29, 0.717) is 17.7 Å². The first-order chi connectivity index (χ1) is 6.84. The Kier molecular flexibility index (Phi) is 2.88. The van der Waals surface area contributed by atoms with E-state index in [0.717, 1.165) is 5.69 Å². The van der Waals surface area contributed by atoms with Crippen molar-refractivity contribution in [2.45, 2.75) is 25.4 Å². The van der Waals surface area contributed by atoms with Crippen molar-refractivity contribution >= 4 is 17.3 Å². The van der Waals surface area contributed by atoms with Gasteiger partial charge in [-0.1, -0.05) is 0 Å². The van der Waals surface area contributed by atoms with Crippen LogP contribution in [0.25, 0.3) is 0 Å². The number of hydrogen-bond acceptors (Lipinski definition) is 3. The first-order valence-electron chi connectivity index (χ1n) is 4.65. The largest absolute Gasteiger partial charge is 0.360 e. The predicted molar refractivity (Wildman–Crippen MR) is 57.6 cm³/mol. The Bertz CT molecular complexity index is 310. The SMILES string of the molecule is S=C(NCc1cccnn1)NC1CC1. The first-order valence-corrected chi connectivity index (χ1v) is 5.06. The van der Waals surface area contributed by atoms with E-state index in [9.17, 15) is 0 Å². The van der Waals surface area contributed by atoms with Crippen LogP contribution >= 0.6 is 12.2 Å². The van der Waals surface area contributed by atoms with Crippen LogP contribution in [0.1, 0.15) is 18.5 Å². The standard InChI is InChI=1S/C9H12N4S/c14-9(12-7-3-4-7)10-6-8-2-1-5-11-13-8/h1-2,5,7H,3-4,6H2,(H2,10,12,14). The van der Waals surface area contributed by atoms with Crippen molar-refractivity contribution in [2.24, 2.45) is 0 Å². The quantitative estimate of drug-likeness (QED) is 0.713. The summed E-state index contributed by atoms with van der Waals surface area (Å²) in [4.78, 5) is 0. The fourth-order valence-corrected chi connectivity index (χ4v) is 1.30. The Morgan fingerprint density at radius 2 is 2.43 bits per heavy atom. The van der Waals surface area contributed by atoms with Crippen LogP contribution in [0.3, 0.4) is 0 Å². The van der Waals surface area contributed by atoms with Gasteiger partial charge in [0.15, 0.2) is 5.11 Å². The molecule has 0 radical (unpaired) electrons. The highest BCUT2D eigenvalue weighted by atomic mass is 32.1. The molecule has 1 aromatic rings. The van der Waals surface area contributed by atoms with E-state index in [1.54, 1.807) is 6.20 Å². The van der Waals surface area contributed by atoms with Gasteiger partial charge in [-0.15, -0.1) is 0 Å². The second kappa shape index (κ2) is 4.32. The minimum atomic E-state index is 0.594. The summed E-state index contributed by atoms with van der Waals surface area (Å²) in [7, 11) is 0. The van der Waals surface area contributed by atoms with Crippen LogP contribution in [0.4, 0.5) is 0 Å². The molecule has 0 spiro atoms. The average molecular weight is 208 g/mol. The minimum absolute atomic E-state index is 0.594. The molecule has 4 nitrogen and oxygen atoms in total. The molecule has 0 saturated heterocycles. The van der Waals surface area contributed by atoms with Crippen LogP contribution in [-0.4, -0.2) is 21.4 Å². The number of nitrogens with one attached hydrogen (secondary N) is 2. The molecule has 2 rings (SSSR count). The van der Waals surface area contributed by atoms with Gasteiger partial charge in [0.25, 0.3) is 0 Å². The van der Waals surface area contributed by atoms with Gasteiger partial charge >= 0.3 is 0 Å². The Morgan fingerprint density at radius 1 is 1.57 bits per heavy atom. The first kappa shape index (κ1) is 9.33. The molecule has 1 saturated carbocycles. The van der Waals surface area contributed by atoms with Crippen molar-refractivity contribution in [1.82, 2.24) is 20.8 Å². The van der Waals surface area contributed by atoms with Gasteiger partial charge in [0.2, 0.25) is 0 Å². The zero-order chi connectivity index (χ0) is 9.80. The average Bonchev–Trinajstić information content (AvgIpc) is 3.00. The lowest BCUT2D eigenvalue weighted by molar-refractivity contribution is 0.793. The van der Waals surface area contributed by atoms with Gasteiger partial charge in [-0.25, -0.2) is 0 Å². The molecule has 1 aliphatic carbocycles. The van der Waals surface area contributed by atoms with Gasteiger partial charge in [-0.3, -0.25) is 0 Å². The van der Waals surface area contributed by atoms with Crippen LogP contribution in [0.2, 0.25) is 0 Å². The molecule has 14 heavy (non-hydrogen) atoms. The van der Waals surface area contributed by atoms with Crippen LogP contribution in [-0.2, 0) is 6.54 Å². The van der Waals surface area contributed by atoms with Crippen LogP contribution < -0.4 is 10.6 Å². The highest BCUT2D eigenvalue weighted by Crippen LogP contribution is 2.18. The maximum Gasteiger partial charge on any atom is 0.166 e. The van der Waals surface area contributed by atoms with E-state index in [4.69, 9.17) is 12.2 Å². The Hall–Kier alpha value is -1.23. The molecular formula is C9H12N4S. The second-order valence-electron chi connectivity index (χ2n) is 3.32. The highest BCUT2D eigenvalue weighted by Gasteiger charge is 2.21. The van der Waals surface area contributed by atoms with E-state index >= 15 is 0 Å². The van der Waals surface area contributed by atoms with E-state index in [1.807, 2.05) is 12.1 Å². The van der Waals surface area contributed by atoms with E-state index in [1.165, 1.54) is 12.8 Å². The molecular weight excluding hydrogens is 196 g/mol. The summed E-state index contributed by atoms with van der Waals surface area (Å²) in [6.45, 7) is 0.631. The maximum absolute atomic E-state index is 5.10. The van der Waals surface area contributed by atoms with Crippen molar-refractivity contribution in [3.05, 3.63) is 24.0 Å². The summed E-state index contributed by atoms with van der Waals surface area (Å²) in [6.07, 6.45) is 4.12. The van der Waals surface area contributed by atoms with Gasteiger partial charge in [0, 0.05) is 12.2 Å². The number of aromatic nitrogens is 2. The van der Waals surface area contributed by atoms with Gasteiger partial charge in [0.05, 0.1) is 12.2 Å². The topological polar surface area (TPSA) is 49.8 Å². The summed E-state index contributed by atoms with van der Waals surface area (Å²) >= 11 is 5.10. The summed E-state index contributed by atoms with van der Waals surface area (Å²) in [5.74, 6) is 0. The van der Waals surface area contributed by atoms with Crippen LogP contribution in [0, 0.1) is 0 Å². The van der Waals surface area contributed by atoms with E-state index < -0.39 is 0 Å². The summed E-state index contributed by atoms with van der Waals surface area (Å²) in [6, 6.07) is 4.37. The summed E-state index contributed by atoms with van der Waals surface area (Å²) in [5.41, 5.74) is 0.896. The molecule has 0 aromatic carbocycles. The Balaban J connectivity index is 1.73. The third-order valence-electron chi connectivity index (χ3n) is 1.97. The molecule has 0 amide bonds. The molecule has 0 atom stereocenters. The van der Waals surface area contributed by atoms with Gasteiger partial charge in [-0.05, 0) is 37.2 Å². The third kappa shape index (κ3) is 2.92. The molecule has 74 valence electrons. The lowest BCUT2D eigenvalue weighted by Gasteiger charge is -2.08. The smallest absolute Gasteiger partial charge is 0.166 e. The summed E-state index contributed by atoms with van der Waals surface area (Å²) in [5, 5.41) is 14.7. The monoisotopic (exact) mass is 208 g/mol. The molecule has 1 heterocycles. The molecule has 1 aromatic heterocycles. The third-order valence-corrected chi connectivity index (χ3v) is 2.23. The second-order valence-corrected chi connectivity index (χ2v) is 3.72. The van der Waals surface area contributed by atoms with Gasteiger partial charge in [0.1, 0.15) is 0 Å². The molecule has 0 bridgehead atoms. The normalized spacial score (nSPS) is 14.9. The molecule has 2 N–H and O–H groups in total. The highest BCUT2D eigenvalue weighted by molar-refractivity contribution is 7.80. The summed E-state index contributed by atoms with van der Waals surface area (Å²) < 4.78 is 0. The van der Waals surface area contributed by atoms with Crippen molar-refractivity contribution in [3.63, 3.8) is 0 Å². The van der Waals surface area contributed by atoms with Crippen molar-refractivity contribution < 1.29 is 0 Å². The molecule has 1 fully saturated rings. The number of nitrogens with zero attached hydrogens (tertiary/aromatic N) is 2. The number of rotatable bonds is 3. The number of thiocarbonyl (C=S) groups is 1. The van der Waals surface area contributed by atoms with Gasteiger partial charge in [-0.2, -0.15) is 10.2 Å². The van der Waals surface area contributed by atoms with Gasteiger partial charge < -0.3 is 10.6 Å². The van der Waals surface area contributed by atoms with Crippen LogP contribution in [0.5, 0.6) is 0 Å². The lowest BCUT2D eigenvalue weighted by Crippen LogP contribution is -2.36. The fraction of sp³-hybridized carbons (Fsp3) is 0.444. The molecule has 0 unspecified atom stereocenters. The van der Waals surface area contributed by atoms with Crippen molar-refractivity contribution in [1.29, 1.82) is 0 Å². The lowest BCUT2D eigenvalue weighted by atomic mass is 10.4. The predicted octanol–water partition coefficient (Wildman–Crippen LogP) is 0.603. The van der Waals surface area contributed by atoms with Crippen molar-refractivity contribution in [3.8, 4) is 0 Å². The molecule has 5 heteroatoms. The van der Waals surface area contributed by atoms with E-state index in [2.05, 4.69) is 20.8 Å². The molecule has 1 aliphatic rings. The Labute approximate surface area is 88.1 Å².